The molecule has 4 nitrogen and oxygen atoms in total. The van der Waals surface area contributed by atoms with Crippen LogP contribution in [0.4, 0.5) is 11.4 Å². The number of hydrogen-bond acceptors (Lipinski definition) is 3. The van der Waals surface area contributed by atoms with E-state index >= 15 is 0 Å². The molecule has 3 aromatic rings. The number of hydrogen-bond donors (Lipinski definition) is 0. The second-order valence-corrected chi connectivity index (χ2v) is 7.56. The lowest BCUT2D eigenvalue weighted by molar-refractivity contribution is -0.114. The number of nitrogens with zero attached hydrogens (tertiary/aromatic N) is 3. The molecule has 0 atom stereocenters. The summed E-state index contributed by atoms with van der Waals surface area (Å²) in [5, 5.41) is 6.05. The smallest absolute Gasteiger partial charge is 0.282 e. The van der Waals surface area contributed by atoms with E-state index in [9.17, 15) is 4.79 Å². The van der Waals surface area contributed by atoms with Crippen LogP contribution in [0.1, 0.15) is 23.6 Å². The quantitative estimate of drug-likeness (QED) is 0.526. The van der Waals surface area contributed by atoms with Crippen molar-refractivity contribution in [3.8, 4) is 0 Å². The minimum Gasteiger partial charge on any atom is -0.343 e. The van der Waals surface area contributed by atoms with Gasteiger partial charge in [-0.1, -0.05) is 54.6 Å². The fourth-order valence-electron chi connectivity index (χ4n) is 3.47. The van der Waals surface area contributed by atoms with Gasteiger partial charge in [-0.3, -0.25) is 4.79 Å². The molecule has 4 heteroatoms. The summed E-state index contributed by atoms with van der Waals surface area (Å²) in [5.74, 6) is -0.107. The van der Waals surface area contributed by atoms with Crippen LogP contribution in [0.5, 0.6) is 0 Å². The van der Waals surface area contributed by atoms with Crippen molar-refractivity contribution in [3.63, 3.8) is 0 Å². The van der Waals surface area contributed by atoms with E-state index in [4.69, 9.17) is 0 Å². The van der Waals surface area contributed by atoms with E-state index in [0.29, 0.717) is 17.8 Å². The average Bonchev–Trinajstić information content (AvgIpc) is 3.05. The Bertz CT molecular complexity index is 1120. The fourth-order valence-corrected chi connectivity index (χ4v) is 3.47. The lowest BCUT2D eigenvalue weighted by Crippen LogP contribution is -2.24. The third-order valence-electron chi connectivity index (χ3n) is 5.37. The molecule has 30 heavy (non-hydrogen) atoms. The second kappa shape index (κ2) is 8.37. The summed E-state index contributed by atoms with van der Waals surface area (Å²) >= 11 is 0. The highest BCUT2D eigenvalue weighted by atomic mass is 16.2. The minimum absolute atomic E-state index is 0.107. The number of carbonyl (C=O) groups excluding carboxylic acids is 1. The maximum absolute atomic E-state index is 13.2. The highest BCUT2D eigenvalue weighted by Crippen LogP contribution is 2.27. The first-order valence-electron chi connectivity index (χ1n) is 10.1. The fraction of sp³-hybridized carbons (Fsp3) is 0.154. The summed E-state index contributed by atoms with van der Waals surface area (Å²) in [7, 11) is 0. The number of carbonyl (C=O) groups is 1. The normalized spacial score (nSPS) is 14.9. The van der Waals surface area contributed by atoms with Gasteiger partial charge in [-0.05, 0) is 61.7 Å². The summed E-state index contributed by atoms with van der Waals surface area (Å²) in [6.45, 7) is 6.66. The summed E-state index contributed by atoms with van der Waals surface area (Å²) in [6.07, 6.45) is 1.92. The van der Waals surface area contributed by atoms with Gasteiger partial charge in [0.15, 0.2) is 0 Å². The number of anilines is 2. The van der Waals surface area contributed by atoms with Crippen LogP contribution in [-0.4, -0.2) is 11.6 Å². The van der Waals surface area contributed by atoms with Crippen LogP contribution in [-0.2, 0) is 11.3 Å². The van der Waals surface area contributed by atoms with Gasteiger partial charge in [-0.15, -0.1) is 0 Å². The van der Waals surface area contributed by atoms with E-state index in [2.05, 4.69) is 29.1 Å². The summed E-state index contributed by atoms with van der Waals surface area (Å²) in [4.78, 5) is 15.4. The first-order chi connectivity index (χ1) is 14.5. The molecule has 1 heterocycles. The topological polar surface area (TPSA) is 35.9 Å². The van der Waals surface area contributed by atoms with E-state index in [1.807, 2.05) is 86.8 Å². The van der Waals surface area contributed by atoms with Gasteiger partial charge >= 0.3 is 0 Å². The Balaban J connectivity index is 1.68. The maximum Gasteiger partial charge on any atom is 0.282 e. The largest absolute Gasteiger partial charge is 0.343 e. The molecular weight excluding hydrogens is 370 g/mol. The Hall–Kier alpha value is -3.66. The Morgan fingerprint density at radius 1 is 0.867 bits per heavy atom. The first kappa shape index (κ1) is 19.6. The summed E-state index contributed by atoms with van der Waals surface area (Å²) in [6, 6.07) is 26.3. The molecule has 0 fully saturated rings. The van der Waals surface area contributed by atoms with Crippen molar-refractivity contribution in [2.75, 3.05) is 9.91 Å². The van der Waals surface area contributed by atoms with Gasteiger partial charge in [0.2, 0.25) is 0 Å². The van der Waals surface area contributed by atoms with Crippen LogP contribution in [0.3, 0.4) is 0 Å². The van der Waals surface area contributed by atoms with Gasteiger partial charge in [-0.25, -0.2) is 0 Å². The van der Waals surface area contributed by atoms with Gasteiger partial charge in [0, 0.05) is 18.4 Å². The molecule has 0 unspecified atom stereocenters. The van der Waals surface area contributed by atoms with E-state index in [1.165, 1.54) is 16.1 Å². The molecule has 0 saturated carbocycles. The molecule has 0 saturated heterocycles. The van der Waals surface area contributed by atoms with E-state index in [-0.39, 0.29) is 5.91 Å². The SMILES string of the molecule is CC1=NN(c2ccc(C)c(C)c2)C(=O)/C1=C/N(Cc1ccccc1)c1ccccc1. The number of rotatable bonds is 5. The van der Waals surface area contributed by atoms with Crippen molar-refractivity contribution in [2.45, 2.75) is 27.3 Å². The molecular formula is C26H25N3O. The summed E-state index contributed by atoms with van der Waals surface area (Å²) in [5.41, 5.74) is 6.64. The number of amides is 1. The molecule has 0 radical (unpaired) electrons. The van der Waals surface area contributed by atoms with Crippen molar-refractivity contribution in [1.29, 1.82) is 0 Å². The average molecular weight is 396 g/mol. The number of para-hydroxylation sites is 1. The van der Waals surface area contributed by atoms with Crippen molar-refractivity contribution < 1.29 is 4.79 Å². The van der Waals surface area contributed by atoms with Gasteiger partial charge in [0.1, 0.15) is 0 Å². The van der Waals surface area contributed by atoms with E-state index < -0.39 is 0 Å². The molecule has 0 bridgehead atoms. The molecule has 4 rings (SSSR count). The van der Waals surface area contributed by atoms with Crippen LogP contribution >= 0.6 is 0 Å². The third kappa shape index (κ3) is 4.03. The zero-order valence-corrected chi connectivity index (χ0v) is 17.5. The molecule has 0 aromatic heterocycles. The Labute approximate surface area is 177 Å². The first-order valence-corrected chi connectivity index (χ1v) is 10.1. The zero-order valence-electron chi connectivity index (χ0n) is 17.5. The Morgan fingerprint density at radius 3 is 2.20 bits per heavy atom. The molecule has 1 aliphatic rings. The molecule has 0 N–H and O–H groups in total. The number of benzene rings is 3. The monoisotopic (exact) mass is 395 g/mol. The van der Waals surface area contributed by atoms with Crippen molar-refractivity contribution >= 4 is 23.0 Å². The Morgan fingerprint density at radius 2 is 1.53 bits per heavy atom. The van der Waals surface area contributed by atoms with Crippen LogP contribution in [0.25, 0.3) is 0 Å². The van der Waals surface area contributed by atoms with Crippen molar-refractivity contribution in [1.82, 2.24) is 0 Å². The van der Waals surface area contributed by atoms with Gasteiger partial charge in [-0.2, -0.15) is 10.1 Å². The maximum atomic E-state index is 13.2. The minimum atomic E-state index is -0.107. The number of aryl methyl sites for hydroxylation is 2. The summed E-state index contributed by atoms with van der Waals surface area (Å²) < 4.78 is 0. The van der Waals surface area contributed by atoms with Gasteiger partial charge in [0.25, 0.3) is 5.91 Å². The Kier molecular flexibility index (Phi) is 5.48. The van der Waals surface area contributed by atoms with Crippen LogP contribution in [0, 0.1) is 13.8 Å². The number of hydrazone groups is 1. The second-order valence-electron chi connectivity index (χ2n) is 7.56. The van der Waals surface area contributed by atoms with E-state index in [0.717, 1.165) is 16.9 Å². The van der Waals surface area contributed by atoms with E-state index in [1.54, 1.807) is 0 Å². The highest BCUT2D eigenvalue weighted by Gasteiger charge is 2.29. The molecule has 1 aliphatic heterocycles. The van der Waals surface area contributed by atoms with Crippen molar-refractivity contribution in [2.24, 2.45) is 5.10 Å². The predicted octanol–water partition coefficient (Wildman–Crippen LogP) is 5.62. The van der Waals surface area contributed by atoms with Crippen LogP contribution < -0.4 is 9.91 Å². The zero-order chi connectivity index (χ0) is 21.1. The predicted molar refractivity (Wildman–Crippen MR) is 124 cm³/mol. The molecule has 150 valence electrons. The van der Waals surface area contributed by atoms with Gasteiger partial charge < -0.3 is 4.90 Å². The molecule has 3 aromatic carbocycles. The standard InChI is InChI=1S/C26H25N3O/c1-19-14-15-24(16-20(19)2)29-26(30)25(21(3)27-29)18-28(23-12-8-5-9-13-23)17-22-10-6-4-7-11-22/h4-16,18H,17H2,1-3H3/b25-18+. The van der Waals surface area contributed by atoms with Crippen LogP contribution in [0.15, 0.2) is 95.7 Å². The lowest BCUT2D eigenvalue weighted by atomic mass is 10.1. The van der Waals surface area contributed by atoms with Gasteiger partial charge in [0.05, 0.1) is 17.0 Å². The molecule has 1 amide bonds. The third-order valence-corrected chi connectivity index (χ3v) is 5.37. The lowest BCUT2D eigenvalue weighted by Gasteiger charge is -2.22. The van der Waals surface area contributed by atoms with Crippen LogP contribution in [0.2, 0.25) is 0 Å². The molecule has 0 aliphatic carbocycles. The molecule has 0 spiro atoms. The highest BCUT2D eigenvalue weighted by molar-refractivity contribution is 6.29. The van der Waals surface area contributed by atoms with Crippen molar-refractivity contribution in [3.05, 3.63) is 107 Å².